The molecule has 0 spiro atoms. The molecule has 2 heterocycles. The topological polar surface area (TPSA) is 76.2 Å². The SMILES string of the molecule is CN(c1ccccc1)S(=O)(=O)c1cccc(C(=O)N2CCC[C@H]2c2ccc3c(c2)OCCCO3)c1. The minimum absolute atomic E-state index is 0.0843. The maximum Gasteiger partial charge on any atom is 0.264 e. The van der Waals surface area contributed by atoms with Crippen LogP contribution in [0.2, 0.25) is 0 Å². The Balaban J connectivity index is 1.41. The van der Waals surface area contributed by atoms with E-state index in [4.69, 9.17) is 9.47 Å². The maximum atomic E-state index is 13.6. The van der Waals surface area contributed by atoms with Gasteiger partial charge in [-0.05, 0) is 60.9 Å². The zero-order chi connectivity index (χ0) is 24.4. The number of anilines is 1. The van der Waals surface area contributed by atoms with Crippen molar-refractivity contribution in [2.45, 2.75) is 30.2 Å². The van der Waals surface area contributed by atoms with Crippen molar-refractivity contribution >= 4 is 21.6 Å². The third-order valence-corrected chi connectivity index (χ3v) is 8.31. The number of amides is 1. The third kappa shape index (κ3) is 4.58. The van der Waals surface area contributed by atoms with Gasteiger partial charge >= 0.3 is 0 Å². The van der Waals surface area contributed by atoms with Crippen LogP contribution in [-0.4, -0.2) is 46.0 Å². The highest BCUT2D eigenvalue weighted by molar-refractivity contribution is 7.92. The first kappa shape index (κ1) is 23.2. The second-order valence-electron chi connectivity index (χ2n) is 8.75. The lowest BCUT2D eigenvalue weighted by atomic mass is 10.0. The summed E-state index contributed by atoms with van der Waals surface area (Å²) in [5, 5.41) is 0. The van der Waals surface area contributed by atoms with E-state index in [2.05, 4.69) is 0 Å². The normalized spacial score (nSPS) is 17.6. The molecule has 8 heteroatoms. The Morgan fingerprint density at radius 1 is 0.914 bits per heavy atom. The van der Waals surface area contributed by atoms with Crippen molar-refractivity contribution < 1.29 is 22.7 Å². The summed E-state index contributed by atoms with van der Waals surface area (Å²) in [5.74, 6) is 1.25. The van der Waals surface area contributed by atoms with Gasteiger partial charge in [-0.1, -0.05) is 30.3 Å². The van der Waals surface area contributed by atoms with Crippen LogP contribution in [0.25, 0.3) is 0 Å². The molecule has 5 rings (SSSR count). The van der Waals surface area contributed by atoms with Crippen molar-refractivity contribution in [2.75, 3.05) is 31.1 Å². The number of para-hydroxylation sites is 1. The predicted molar refractivity (Wildman–Crippen MR) is 134 cm³/mol. The van der Waals surface area contributed by atoms with Crippen LogP contribution in [0.3, 0.4) is 0 Å². The van der Waals surface area contributed by atoms with E-state index in [1.807, 2.05) is 29.2 Å². The fourth-order valence-electron chi connectivity index (χ4n) is 4.63. The van der Waals surface area contributed by atoms with Gasteiger partial charge in [0.2, 0.25) is 0 Å². The van der Waals surface area contributed by atoms with Crippen LogP contribution in [0.5, 0.6) is 11.5 Å². The predicted octanol–water partition coefficient (Wildman–Crippen LogP) is 4.65. The Labute approximate surface area is 205 Å². The first-order valence-corrected chi connectivity index (χ1v) is 13.2. The number of hydrogen-bond acceptors (Lipinski definition) is 5. The van der Waals surface area contributed by atoms with Crippen molar-refractivity contribution in [3.63, 3.8) is 0 Å². The molecule has 1 saturated heterocycles. The lowest BCUT2D eigenvalue weighted by molar-refractivity contribution is 0.0735. The highest BCUT2D eigenvalue weighted by Crippen LogP contribution is 2.38. The highest BCUT2D eigenvalue weighted by atomic mass is 32.2. The summed E-state index contributed by atoms with van der Waals surface area (Å²) in [6, 6.07) is 20.9. The van der Waals surface area contributed by atoms with E-state index in [0.717, 1.165) is 30.6 Å². The number of benzene rings is 3. The first-order valence-electron chi connectivity index (χ1n) is 11.8. The van der Waals surface area contributed by atoms with E-state index < -0.39 is 10.0 Å². The monoisotopic (exact) mass is 492 g/mol. The van der Waals surface area contributed by atoms with Crippen molar-refractivity contribution in [3.8, 4) is 11.5 Å². The fraction of sp³-hybridized carbons (Fsp3) is 0.296. The van der Waals surface area contributed by atoms with Crippen molar-refractivity contribution in [1.82, 2.24) is 4.90 Å². The molecule has 1 amide bonds. The average molecular weight is 493 g/mol. The number of carbonyl (C=O) groups is 1. The molecule has 0 saturated carbocycles. The minimum Gasteiger partial charge on any atom is -0.490 e. The molecule has 7 nitrogen and oxygen atoms in total. The maximum absolute atomic E-state index is 13.6. The molecule has 3 aromatic rings. The second kappa shape index (κ2) is 9.62. The molecule has 2 aliphatic rings. The zero-order valence-corrected chi connectivity index (χ0v) is 20.4. The summed E-state index contributed by atoms with van der Waals surface area (Å²) in [5.41, 5.74) is 1.90. The van der Waals surface area contributed by atoms with Crippen molar-refractivity contribution in [1.29, 1.82) is 0 Å². The van der Waals surface area contributed by atoms with Crippen LogP contribution < -0.4 is 13.8 Å². The Morgan fingerprint density at radius 2 is 1.69 bits per heavy atom. The van der Waals surface area contributed by atoms with Crippen molar-refractivity contribution in [2.24, 2.45) is 0 Å². The van der Waals surface area contributed by atoms with Crippen LogP contribution in [0.15, 0.2) is 77.7 Å². The molecule has 0 aliphatic carbocycles. The summed E-state index contributed by atoms with van der Waals surface area (Å²) in [6.07, 6.45) is 2.54. The van der Waals surface area contributed by atoms with Gasteiger partial charge in [-0.25, -0.2) is 8.42 Å². The van der Waals surface area contributed by atoms with E-state index in [-0.39, 0.29) is 16.8 Å². The summed E-state index contributed by atoms with van der Waals surface area (Å²) in [4.78, 5) is 15.5. The molecule has 35 heavy (non-hydrogen) atoms. The van der Waals surface area contributed by atoms with E-state index in [1.54, 1.807) is 36.4 Å². The van der Waals surface area contributed by atoms with E-state index >= 15 is 0 Å². The van der Waals surface area contributed by atoms with Gasteiger partial charge in [0, 0.05) is 25.6 Å². The van der Waals surface area contributed by atoms with Crippen molar-refractivity contribution in [3.05, 3.63) is 83.9 Å². The van der Waals surface area contributed by atoms with Crippen LogP contribution >= 0.6 is 0 Å². The average Bonchev–Trinajstić information content (AvgIpc) is 3.27. The van der Waals surface area contributed by atoms with Gasteiger partial charge in [-0.3, -0.25) is 9.10 Å². The molecule has 3 aromatic carbocycles. The lowest BCUT2D eigenvalue weighted by Crippen LogP contribution is -2.31. The second-order valence-corrected chi connectivity index (χ2v) is 10.7. The Morgan fingerprint density at radius 3 is 2.49 bits per heavy atom. The van der Waals surface area contributed by atoms with Gasteiger partial charge < -0.3 is 14.4 Å². The molecule has 0 bridgehead atoms. The molecule has 0 radical (unpaired) electrons. The Hall–Kier alpha value is -3.52. The minimum atomic E-state index is -3.82. The molecular formula is C27H28N2O5S. The van der Waals surface area contributed by atoms with Crippen LogP contribution in [0.1, 0.15) is 41.2 Å². The standard InChI is InChI=1S/C27H28N2O5S/c1-28(22-9-3-2-4-10-22)35(31,32)23-11-5-8-21(18-23)27(30)29-15-6-12-24(29)20-13-14-25-26(19-20)34-17-7-16-33-25/h2-5,8-11,13-14,18-19,24H,6-7,12,15-17H2,1H3/t24-/m0/s1. The highest BCUT2D eigenvalue weighted by Gasteiger charge is 2.32. The van der Waals surface area contributed by atoms with Gasteiger partial charge in [0.15, 0.2) is 11.5 Å². The summed E-state index contributed by atoms with van der Waals surface area (Å²) >= 11 is 0. The number of hydrogen-bond donors (Lipinski definition) is 0. The quantitative estimate of drug-likeness (QED) is 0.518. The summed E-state index contributed by atoms with van der Waals surface area (Å²) in [6.45, 7) is 1.83. The molecule has 1 atom stereocenters. The number of ether oxygens (including phenoxy) is 2. The number of carbonyl (C=O) groups excluding carboxylic acids is 1. The third-order valence-electron chi connectivity index (χ3n) is 6.53. The van der Waals surface area contributed by atoms with Gasteiger partial charge in [0.1, 0.15) is 0 Å². The molecule has 182 valence electrons. The molecular weight excluding hydrogens is 464 g/mol. The molecule has 1 fully saturated rings. The van der Waals surface area contributed by atoms with E-state index in [1.165, 1.54) is 23.5 Å². The van der Waals surface area contributed by atoms with Gasteiger partial charge in [-0.15, -0.1) is 0 Å². The lowest BCUT2D eigenvalue weighted by Gasteiger charge is -2.26. The number of fused-ring (bicyclic) bond motifs is 1. The van der Waals surface area contributed by atoms with E-state index in [9.17, 15) is 13.2 Å². The molecule has 2 aliphatic heterocycles. The van der Waals surface area contributed by atoms with Crippen LogP contribution in [-0.2, 0) is 10.0 Å². The smallest absolute Gasteiger partial charge is 0.264 e. The summed E-state index contributed by atoms with van der Waals surface area (Å²) in [7, 11) is -2.31. The number of rotatable bonds is 5. The largest absolute Gasteiger partial charge is 0.490 e. The Kier molecular flexibility index (Phi) is 6.38. The van der Waals surface area contributed by atoms with Crippen LogP contribution in [0, 0.1) is 0 Å². The van der Waals surface area contributed by atoms with E-state index in [0.29, 0.717) is 36.8 Å². The van der Waals surface area contributed by atoms with Gasteiger partial charge in [0.05, 0.1) is 29.8 Å². The van der Waals surface area contributed by atoms with Gasteiger partial charge in [-0.2, -0.15) is 0 Å². The molecule has 0 unspecified atom stereocenters. The first-order chi connectivity index (χ1) is 16.9. The van der Waals surface area contributed by atoms with Gasteiger partial charge in [0.25, 0.3) is 15.9 Å². The summed E-state index contributed by atoms with van der Waals surface area (Å²) < 4.78 is 39.3. The Bertz CT molecular complexity index is 1330. The number of likely N-dealkylation sites (tertiary alicyclic amines) is 1. The fourth-order valence-corrected chi connectivity index (χ4v) is 5.88. The zero-order valence-electron chi connectivity index (χ0n) is 19.6. The molecule has 0 aromatic heterocycles. The number of nitrogens with zero attached hydrogens (tertiary/aromatic N) is 2. The molecule has 0 N–H and O–H groups in total. The van der Waals surface area contributed by atoms with Crippen LogP contribution in [0.4, 0.5) is 5.69 Å². The number of sulfonamides is 1.